The first-order valence-corrected chi connectivity index (χ1v) is 11.8. The molecule has 1 unspecified atom stereocenters. The number of benzene rings is 3. The van der Waals surface area contributed by atoms with Crippen molar-refractivity contribution in [3.63, 3.8) is 0 Å². The van der Waals surface area contributed by atoms with Gasteiger partial charge in [-0.2, -0.15) is 5.10 Å². The minimum absolute atomic E-state index is 0.142. The molecule has 0 aliphatic carbocycles. The fourth-order valence-corrected chi connectivity index (χ4v) is 4.18. The Morgan fingerprint density at radius 2 is 1.78 bits per heavy atom. The third kappa shape index (κ3) is 5.90. The summed E-state index contributed by atoms with van der Waals surface area (Å²) in [7, 11) is 3.13. The molecular formula is C28H30FN3O4. The second-order valence-corrected chi connectivity index (χ2v) is 8.51. The van der Waals surface area contributed by atoms with E-state index in [4.69, 9.17) is 9.47 Å². The first-order valence-electron chi connectivity index (χ1n) is 11.8. The average Bonchev–Trinajstić information content (AvgIpc) is 2.91. The van der Waals surface area contributed by atoms with E-state index in [0.29, 0.717) is 54.9 Å². The van der Waals surface area contributed by atoms with Gasteiger partial charge in [0.2, 0.25) is 0 Å². The Bertz CT molecular complexity index is 1370. The van der Waals surface area contributed by atoms with Gasteiger partial charge in [-0.1, -0.05) is 30.3 Å². The molecule has 0 saturated carbocycles. The van der Waals surface area contributed by atoms with Crippen LogP contribution in [0.4, 0.5) is 4.39 Å². The molecule has 1 aromatic heterocycles. The number of methoxy groups -OCH3 is 2. The van der Waals surface area contributed by atoms with E-state index in [1.807, 2.05) is 18.2 Å². The molecule has 8 heteroatoms. The maximum absolute atomic E-state index is 13.3. The number of aromatic nitrogens is 2. The summed E-state index contributed by atoms with van der Waals surface area (Å²) in [5.41, 5.74) is 2.22. The van der Waals surface area contributed by atoms with Crippen LogP contribution in [0, 0.1) is 5.82 Å². The minimum atomic E-state index is -0.755. The van der Waals surface area contributed by atoms with Crippen LogP contribution in [0.1, 0.15) is 29.3 Å². The molecule has 0 spiro atoms. The normalized spacial score (nSPS) is 12.0. The van der Waals surface area contributed by atoms with Gasteiger partial charge in [0, 0.05) is 36.5 Å². The Hall–Kier alpha value is -3.75. The van der Waals surface area contributed by atoms with Crippen LogP contribution in [0.3, 0.4) is 0 Å². The number of hydrogen-bond acceptors (Lipinski definition) is 6. The van der Waals surface area contributed by atoms with Gasteiger partial charge in [-0.05, 0) is 48.9 Å². The van der Waals surface area contributed by atoms with Crippen LogP contribution in [-0.2, 0) is 13.0 Å². The maximum atomic E-state index is 13.3. The molecule has 4 rings (SSSR count). The lowest BCUT2D eigenvalue weighted by molar-refractivity contribution is 0.170. The molecule has 1 heterocycles. The summed E-state index contributed by atoms with van der Waals surface area (Å²) < 4.78 is 25.4. The lowest BCUT2D eigenvalue weighted by atomic mass is 10.0. The molecule has 0 radical (unpaired) electrons. The third-order valence-corrected chi connectivity index (χ3v) is 6.09. The number of rotatable bonds is 11. The van der Waals surface area contributed by atoms with Crippen molar-refractivity contribution in [1.29, 1.82) is 0 Å². The van der Waals surface area contributed by atoms with Crippen molar-refractivity contribution >= 4 is 10.8 Å². The quantitative estimate of drug-likeness (QED) is 0.310. The van der Waals surface area contributed by atoms with E-state index >= 15 is 0 Å². The van der Waals surface area contributed by atoms with E-state index in [1.54, 1.807) is 50.6 Å². The Morgan fingerprint density at radius 3 is 2.50 bits per heavy atom. The average molecular weight is 492 g/mol. The van der Waals surface area contributed by atoms with Gasteiger partial charge in [0.25, 0.3) is 5.56 Å². The summed E-state index contributed by atoms with van der Waals surface area (Å²) >= 11 is 0. The number of nitrogens with zero attached hydrogens (tertiary/aromatic N) is 2. The van der Waals surface area contributed by atoms with Crippen LogP contribution in [0.2, 0.25) is 0 Å². The second-order valence-electron chi connectivity index (χ2n) is 8.51. The van der Waals surface area contributed by atoms with Gasteiger partial charge in [-0.25, -0.2) is 9.07 Å². The molecular weight excluding hydrogens is 461 g/mol. The first-order chi connectivity index (χ1) is 17.5. The number of aryl methyl sites for hydroxylation is 1. The van der Waals surface area contributed by atoms with Crippen molar-refractivity contribution in [2.45, 2.75) is 25.5 Å². The topological polar surface area (TPSA) is 85.6 Å². The highest BCUT2D eigenvalue weighted by atomic mass is 19.1. The van der Waals surface area contributed by atoms with Gasteiger partial charge < -0.3 is 19.9 Å². The Kier molecular flexibility index (Phi) is 8.30. The molecule has 7 nitrogen and oxygen atoms in total. The number of hydrogen-bond donors (Lipinski definition) is 2. The highest BCUT2D eigenvalue weighted by Crippen LogP contribution is 2.29. The molecule has 0 amide bonds. The zero-order valence-electron chi connectivity index (χ0n) is 20.4. The monoisotopic (exact) mass is 491 g/mol. The largest absolute Gasteiger partial charge is 0.497 e. The van der Waals surface area contributed by atoms with E-state index < -0.39 is 6.10 Å². The van der Waals surface area contributed by atoms with Crippen molar-refractivity contribution in [2.24, 2.45) is 0 Å². The van der Waals surface area contributed by atoms with E-state index in [-0.39, 0.29) is 11.4 Å². The predicted molar refractivity (Wildman–Crippen MR) is 137 cm³/mol. The molecule has 2 N–H and O–H groups in total. The van der Waals surface area contributed by atoms with E-state index in [0.717, 1.165) is 16.6 Å². The summed E-state index contributed by atoms with van der Waals surface area (Å²) in [6.45, 7) is 1.34. The number of aliphatic hydroxyl groups is 1. The molecule has 1 atom stereocenters. The second kappa shape index (κ2) is 11.8. The molecule has 0 aliphatic heterocycles. The zero-order chi connectivity index (χ0) is 25.5. The van der Waals surface area contributed by atoms with Crippen molar-refractivity contribution in [1.82, 2.24) is 15.1 Å². The molecule has 0 aliphatic rings. The van der Waals surface area contributed by atoms with Crippen LogP contribution in [0.5, 0.6) is 11.5 Å². The SMILES string of the molecule is COc1ccc(C(O)CNCCCn2nc(Cc3ccc(F)cc3)c3ccccc3c2=O)c(OC)c1. The van der Waals surface area contributed by atoms with Crippen molar-refractivity contribution < 1.29 is 19.0 Å². The molecule has 0 saturated heterocycles. The summed E-state index contributed by atoms with van der Waals surface area (Å²) in [5, 5.41) is 19.9. The number of fused-ring (bicyclic) bond motifs is 1. The lowest BCUT2D eigenvalue weighted by Gasteiger charge is -2.16. The van der Waals surface area contributed by atoms with Crippen LogP contribution >= 0.6 is 0 Å². The number of nitrogens with one attached hydrogen (secondary N) is 1. The molecule has 0 fully saturated rings. The van der Waals surface area contributed by atoms with Gasteiger partial charge in [-0.15, -0.1) is 0 Å². The van der Waals surface area contributed by atoms with Crippen molar-refractivity contribution in [2.75, 3.05) is 27.3 Å². The molecule has 0 bridgehead atoms. The van der Waals surface area contributed by atoms with Crippen LogP contribution in [0.25, 0.3) is 10.8 Å². The summed E-state index contributed by atoms with van der Waals surface area (Å²) in [6, 6.07) is 19.0. The van der Waals surface area contributed by atoms with E-state index in [9.17, 15) is 14.3 Å². The molecule has 36 heavy (non-hydrogen) atoms. The smallest absolute Gasteiger partial charge is 0.274 e. The van der Waals surface area contributed by atoms with Crippen molar-refractivity contribution in [3.05, 3.63) is 99.7 Å². The van der Waals surface area contributed by atoms with Gasteiger partial charge in [-0.3, -0.25) is 4.79 Å². The first kappa shape index (κ1) is 25.3. The van der Waals surface area contributed by atoms with Crippen LogP contribution in [0.15, 0.2) is 71.5 Å². The molecule has 3 aromatic carbocycles. The Balaban J connectivity index is 1.40. The van der Waals surface area contributed by atoms with E-state index in [1.165, 1.54) is 16.8 Å². The van der Waals surface area contributed by atoms with E-state index in [2.05, 4.69) is 10.4 Å². The molecule has 4 aromatic rings. The fraction of sp³-hybridized carbons (Fsp3) is 0.286. The van der Waals surface area contributed by atoms with Gasteiger partial charge >= 0.3 is 0 Å². The number of ether oxygens (including phenoxy) is 2. The van der Waals surface area contributed by atoms with Crippen molar-refractivity contribution in [3.8, 4) is 11.5 Å². The lowest BCUT2D eigenvalue weighted by Crippen LogP contribution is -2.28. The highest BCUT2D eigenvalue weighted by molar-refractivity contribution is 5.83. The zero-order valence-corrected chi connectivity index (χ0v) is 20.4. The van der Waals surface area contributed by atoms with Gasteiger partial charge in [0.15, 0.2) is 0 Å². The number of halogens is 1. The summed E-state index contributed by atoms with van der Waals surface area (Å²) in [5.74, 6) is 0.928. The summed E-state index contributed by atoms with van der Waals surface area (Å²) in [6.07, 6.45) is 0.387. The number of aliphatic hydroxyl groups excluding tert-OH is 1. The Morgan fingerprint density at radius 1 is 1.03 bits per heavy atom. The van der Waals surface area contributed by atoms with Crippen LogP contribution in [-0.4, -0.2) is 42.2 Å². The van der Waals surface area contributed by atoms with Gasteiger partial charge in [0.1, 0.15) is 17.3 Å². The fourth-order valence-electron chi connectivity index (χ4n) is 4.18. The third-order valence-electron chi connectivity index (χ3n) is 6.09. The Labute approximate surface area is 209 Å². The van der Waals surface area contributed by atoms with Gasteiger partial charge in [0.05, 0.1) is 31.4 Å². The maximum Gasteiger partial charge on any atom is 0.274 e. The van der Waals surface area contributed by atoms with Crippen LogP contribution < -0.4 is 20.3 Å². The minimum Gasteiger partial charge on any atom is -0.497 e. The highest BCUT2D eigenvalue weighted by Gasteiger charge is 2.14. The molecule has 188 valence electrons. The summed E-state index contributed by atoms with van der Waals surface area (Å²) in [4.78, 5) is 13.0. The standard InChI is InChI=1S/C28H30FN3O4/c1-35-21-12-13-24(27(17-21)36-2)26(33)18-30-14-5-15-32-28(34)23-7-4-3-6-22(23)25(31-32)16-19-8-10-20(29)11-9-19/h3-4,6-13,17,26,30,33H,5,14-16,18H2,1-2H3. The predicted octanol–water partition coefficient (Wildman–Crippen LogP) is 3.86.